The Balaban J connectivity index is 1.32. The molecule has 0 aromatic heterocycles. The van der Waals surface area contributed by atoms with Crippen LogP contribution in [0.5, 0.6) is 0 Å². The number of allylic oxidation sites excluding steroid dienone is 3. The zero-order valence-corrected chi connectivity index (χ0v) is 20.0. The lowest BCUT2D eigenvalue weighted by Crippen LogP contribution is -2.48. The largest absolute Gasteiger partial charge is 0.356 e. The van der Waals surface area contributed by atoms with Gasteiger partial charge in [0.25, 0.3) is 5.91 Å². The van der Waals surface area contributed by atoms with Crippen LogP contribution in [0, 0.1) is 11.8 Å². The fraction of sp³-hybridized carbons (Fsp3) is 0.280. The van der Waals surface area contributed by atoms with E-state index in [9.17, 15) is 9.59 Å². The number of para-hydroxylation sites is 1. The second-order valence-electron chi connectivity index (χ2n) is 8.39. The summed E-state index contributed by atoms with van der Waals surface area (Å²) in [5.41, 5.74) is 1.46. The number of amides is 2. The highest BCUT2D eigenvalue weighted by molar-refractivity contribution is 8.00. The summed E-state index contributed by atoms with van der Waals surface area (Å²) in [5, 5.41) is 7.39. The molecule has 0 radical (unpaired) electrons. The molecular weight excluding hydrogens is 477 g/mol. The molecule has 8 heteroatoms. The third-order valence-electron chi connectivity index (χ3n) is 6.36. The Morgan fingerprint density at radius 3 is 2.76 bits per heavy atom. The highest BCUT2D eigenvalue weighted by atomic mass is 35.5. The first-order valence-corrected chi connectivity index (χ1v) is 12.7. The quantitative estimate of drug-likeness (QED) is 0.552. The molecule has 1 fully saturated rings. The molecule has 1 saturated carbocycles. The highest BCUT2D eigenvalue weighted by Gasteiger charge is 2.36. The van der Waals surface area contributed by atoms with E-state index in [0.717, 1.165) is 18.5 Å². The number of nitrogens with zero attached hydrogens (tertiary/aromatic N) is 1. The van der Waals surface area contributed by atoms with Gasteiger partial charge in [-0.3, -0.25) is 14.5 Å². The number of carbonyl (C=O) groups is 2. The molecule has 5 nitrogen and oxygen atoms in total. The van der Waals surface area contributed by atoms with Crippen LogP contribution in [-0.2, 0) is 4.79 Å². The zero-order chi connectivity index (χ0) is 22.9. The van der Waals surface area contributed by atoms with Gasteiger partial charge in [-0.25, -0.2) is 0 Å². The van der Waals surface area contributed by atoms with E-state index in [0.29, 0.717) is 33.1 Å². The number of thioether (sulfide) groups is 1. The summed E-state index contributed by atoms with van der Waals surface area (Å²) >= 11 is 13.7. The Hall–Kier alpha value is -2.41. The maximum atomic E-state index is 13.4. The number of nitrogens with one attached hydrogen (secondary N) is 2. The van der Waals surface area contributed by atoms with Crippen LogP contribution in [0.1, 0.15) is 23.2 Å². The van der Waals surface area contributed by atoms with Crippen molar-refractivity contribution in [2.45, 2.75) is 24.4 Å². The lowest BCUT2D eigenvalue weighted by molar-refractivity contribution is -0.119. The van der Waals surface area contributed by atoms with Gasteiger partial charge < -0.3 is 10.6 Å². The van der Waals surface area contributed by atoms with Crippen LogP contribution in [0.25, 0.3) is 0 Å². The first-order valence-electron chi connectivity index (χ1n) is 10.9. The Morgan fingerprint density at radius 1 is 1.09 bits per heavy atom. The first-order chi connectivity index (χ1) is 16.0. The second-order valence-corrected chi connectivity index (χ2v) is 10.3. The first kappa shape index (κ1) is 22.4. The number of carbonyl (C=O) groups excluding carboxylic acids is 2. The number of hydrogen-bond donors (Lipinski definition) is 2. The fourth-order valence-corrected chi connectivity index (χ4v) is 6.02. The van der Waals surface area contributed by atoms with Crippen molar-refractivity contribution in [1.82, 2.24) is 5.32 Å². The molecule has 2 aromatic rings. The van der Waals surface area contributed by atoms with Gasteiger partial charge >= 0.3 is 0 Å². The van der Waals surface area contributed by atoms with E-state index < -0.39 is 5.50 Å². The van der Waals surface area contributed by atoms with Crippen molar-refractivity contribution in [2.24, 2.45) is 11.8 Å². The molecule has 2 aliphatic carbocycles. The maximum absolute atomic E-state index is 13.4. The molecule has 1 heterocycles. The molecule has 0 saturated heterocycles. The average Bonchev–Trinajstić information content (AvgIpc) is 3.22. The lowest BCUT2D eigenvalue weighted by atomic mass is 9.90. The zero-order valence-electron chi connectivity index (χ0n) is 17.7. The molecule has 2 N–H and O–H groups in total. The van der Waals surface area contributed by atoms with Crippen LogP contribution in [0.2, 0.25) is 10.0 Å². The normalized spacial score (nSPS) is 25.4. The van der Waals surface area contributed by atoms with E-state index in [1.54, 1.807) is 29.2 Å². The van der Waals surface area contributed by atoms with Crippen LogP contribution < -0.4 is 15.5 Å². The molecule has 2 aromatic carbocycles. The van der Waals surface area contributed by atoms with Gasteiger partial charge in [-0.2, -0.15) is 0 Å². The Morgan fingerprint density at radius 2 is 1.91 bits per heavy atom. The number of fused-ring (bicyclic) bond motifs is 2. The second kappa shape index (κ2) is 9.45. The predicted octanol–water partition coefficient (Wildman–Crippen LogP) is 5.72. The van der Waals surface area contributed by atoms with Crippen molar-refractivity contribution in [2.75, 3.05) is 16.0 Å². The van der Waals surface area contributed by atoms with Crippen LogP contribution >= 0.6 is 35.0 Å². The van der Waals surface area contributed by atoms with Crippen LogP contribution in [0.15, 0.2) is 66.8 Å². The number of hydrogen-bond acceptors (Lipinski definition) is 4. The molecule has 2 amide bonds. The molecule has 4 atom stereocenters. The third-order valence-corrected chi connectivity index (χ3v) is 8.17. The summed E-state index contributed by atoms with van der Waals surface area (Å²) in [6.45, 7) is 0. The number of anilines is 2. The Labute approximate surface area is 207 Å². The van der Waals surface area contributed by atoms with Crippen molar-refractivity contribution in [3.8, 4) is 0 Å². The molecule has 1 aliphatic heterocycles. The van der Waals surface area contributed by atoms with Crippen molar-refractivity contribution in [3.05, 3.63) is 82.4 Å². The summed E-state index contributed by atoms with van der Waals surface area (Å²) in [7, 11) is 0. The van der Waals surface area contributed by atoms with E-state index >= 15 is 0 Å². The monoisotopic (exact) mass is 499 g/mol. The summed E-state index contributed by atoms with van der Waals surface area (Å²) in [6.07, 6.45) is 10.6. The smallest absolute Gasteiger partial charge is 0.262 e. The predicted molar refractivity (Wildman–Crippen MR) is 136 cm³/mol. The van der Waals surface area contributed by atoms with E-state index in [-0.39, 0.29) is 23.6 Å². The molecule has 170 valence electrons. The Kier molecular flexibility index (Phi) is 6.41. The minimum Gasteiger partial charge on any atom is -0.356 e. The Bertz CT molecular complexity index is 1150. The molecule has 3 aliphatic rings. The molecule has 33 heavy (non-hydrogen) atoms. The van der Waals surface area contributed by atoms with Crippen LogP contribution in [-0.4, -0.2) is 29.1 Å². The van der Waals surface area contributed by atoms with Crippen LogP contribution in [0.3, 0.4) is 0 Å². The maximum Gasteiger partial charge on any atom is 0.262 e. The number of benzene rings is 2. The number of halogens is 2. The molecule has 0 bridgehead atoms. The van der Waals surface area contributed by atoms with Gasteiger partial charge in [0.2, 0.25) is 5.91 Å². The molecule has 5 rings (SSSR count). The van der Waals surface area contributed by atoms with Crippen molar-refractivity contribution in [1.29, 1.82) is 0 Å². The van der Waals surface area contributed by atoms with Crippen molar-refractivity contribution < 1.29 is 9.59 Å². The summed E-state index contributed by atoms with van der Waals surface area (Å²) in [4.78, 5) is 27.9. The van der Waals surface area contributed by atoms with Gasteiger partial charge in [0.15, 0.2) is 5.50 Å². The summed E-state index contributed by atoms with van der Waals surface area (Å²) in [6, 6.07) is 12.6. The lowest BCUT2D eigenvalue weighted by Gasteiger charge is -2.37. The van der Waals surface area contributed by atoms with Crippen LogP contribution in [0.4, 0.5) is 11.4 Å². The van der Waals surface area contributed by atoms with E-state index in [1.165, 1.54) is 11.8 Å². The van der Waals surface area contributed by atoms with Gasteiger partial charge in [0.1, 0.15) is 0 Å². The SMILES string of the molecule is O=C(CSC1Nc2ccccc2C(=O)N1c1ccc(Cl)c(Cl)c1)NC1CCC2C=CC=CC21. The van der Waals surface area contributed by atoms with E-state index in [2.05, 4.69) is 34.9 Å². The minimum atomic E-state index is -0.468. The van der Waals surface area contributed by atoms with Gasteiger partial charge in [0.05, 0.1) is 21.4 Å². The van der Waals surface area contributed by atoms with Gasteiger partial charge in [-0.15, -0.1) is 11.8 Å². The van der Waals surface area contributed by atoms with Gasteiger partial charge in [-0.1, -0.05) is 59.6 Å². The molecule has 0 spiro atoms. The fourth-order valence-electron chi connectivity index (χ4n) is 4.76. The summed E-state index contributed by atoms with van der Waals surface area (Å²) < 4.78 is 0. The molecule has 4 unspecified atom stereocenters. The topological polar surface area (TPSA) is 61.4 Å². The van der Waals surface area contributed by atoms with Gasteiger partial charge in [-0.05, 0) is 49.1 Å². The molecular formula is C25H23Cl2N3O2S. The third kappa shape index (κ3) is 4.52. The average molecular weight is 500 g/mol. The minimum absolute atomic E-state index is 0.0317. The number of rotatable bonds is 5. The van der Waals surface area contributed by atoms with E-state index in [4.69, 9.17) is 23.2 Å². The standard InChI is InChI=1S/C25H23Cl2N3O2S/c26-19-11-10-16(13-20(19)27)30-24(32)18-7-3-4-8-21(18)29-25(30)33-14-23(31)28-22-12-9-15-5-1-2-6-17(15)22/h1-8,10-11,13,15,17,22,25,29H,9,12,14H2,(H,28,31). The van der Waals surface area contributed by atoms with E-state index in [1.807, 2.05) is 18.2 Å². The van der Waals surface area contributed by atoms with Gasteiger partial charge in [0, 0.05) is 23.3 Å². The van der Waals surface area contributed by atoms with Crippen molar-refractivity contribution in [3.63, 3.8) is 0 Å². The van der Waals surface area contributed by atoms with Crippen molar-refractivity contribution >= 4 is 58.2 Å². The highest BCUT2D eigenvalue weighted by Crippen LogP contribution is 2.38. The summed E-state index contributed by atoms with van der Waals surface area (Å²) in [5.74, 6) is 0.901.